The number of nitrogens with two attached hydrogens (primary N) is 1. The van der Waals surface area contributed by atoms with Crippen LogP contribution in [0.1, 0.15) is 73.9 Å². The summed E-state index contributed by atoms with van der Waals surface area (Å²) in [4.78, 5) is 16.3. The topological polar surface area (TPSA) is 107 Å². The van der Waals surface area contributed by atoms with Crippen molar-refractivity contribution >= 4 is 48.0 Å². The molecular weight excluding hydrogens is 584 g/mol. The lowest BCUT2D eigenvalue weighted by atomic mass is 10.0. The van der Waals surface area contributed by atoms with Crippen molar-refractivity contribution < 1.29 is 13.2 Å². The van der Waals surface area contributed by atoms with Gasteiger partial charge in [0.05, 0.1) is 17.2 Å². The Morgan fingerprint density at radius 3 is 1.95 bits per heavy atom. The summed E-state index contributed by atoms with van der Waals surface area (Å²) in [6.45, 7) is 4.40. The average molecular weight is 620 g/mol. The van der Waals surface area contributed by atoms with Crippen molar-refractivity contribution in [3.05, 3.63) is 71.4 Å². The molecule has 0 aliphatic heterocycles. The molecule has 204 valence electrons. The number of nitrogens with zero attached hydrogens (tertiary/aromatic N) is 3. The number of fused-ring (bicyclic) bond motifs is 1. The number of carbonyl (C=O) groups excluding carboxylic acids is 1. The zero-order valence-electron chi connectivity index (χ0n) is 21.9. The highest BCUT2D eigenvalue weighted by molar-refractivity contribution is 9.09. The number of primary sulfonamides is 1. The highest BCUT2D eigenvalue weighted by Gasteiger charge is 2.17. The van der Waals surface area contributed by atoms with E-state index in [1.807, 2.05) is 24.3 Å². The third-order valence-corrected chi connectivity index (χ3v) is 8.79. The highest BCUT2D eigenvalue weighted by atomic mass is 79.9. The molecule has 0 unspecified atom stereocenters. The lowest BCUT2D eigenvalue weighted by molar-refractivity contribution is 0.102. The van der Waals surface area contributed by atoms with Gasteiger partial charge in [-0.2, -0.15) is 0 Å². The van der Waals surface area contributed by atoms with Crippen molar-refractivity contribution in [2.45, 2.75) is 69.6 Å². The maximum absolute atomic E-state index is 11.3. The third kappa shape index (κ3) is 8.83. The molecule has 0 aliphatic rings. The van der Waals surface area contributed by atoms with E-state index in [9.17, 15) is 13.2 Å². The summed E-state index contributed by atoms with van der Waals surface area (Å²) in [7, 11) is -3.78. The summed E-state index contributed by atoms with van der Waals surface area (Å²) in [5.74, 6) is 0.148. The summed E-state index contributed by atoms with van der Waals surface area (Å²) in [6.07, 6.45) is 11.4. The first kappa shape index (κ1) is 30.1. The first-order valence-corrected chi connectivity index (χ1v) is 16.4. The lowest BCUT2D eigenvalue weighted by Crippen LogP contribution is -2.12. The number of benzene rings is 2. The molecule has 0 spiro atoms. The van der Waals surface area contributed by atoms with Crippen LogP contribution in [0.4, 0.5) is 0 Å². The number of halogens is 1. The summed E-state index contributed by atoms with van der Waals surface area (Å²) >= 11 is 4.14. The Kier molecular flexibility index (Phi) is 11.6. The number of hydrogen-bond donors (Lipinski definition) is 1. The van der Waals surface area contributed by atoms with Crippen LogP contribution in [0.3, 0.4) is 0 Å². The van der Waals surface area contributed by atoms with E-state index >= 15 is 0 Å². The van der Waals surface area contributed by atoms with E-state index in [4.69, 9.17) is 5.14 Å². The van der Waals surface area contributed by atoms with Crippen LogP contribution >= 0.6 is 27.3 Å². The molecule has 0 radical (unpaired) electrons. The minimum Gasteiger partial charge on any atom is -0.293 e. The van der Waals surface area contributed by atoms with E-state index in [1.165, 1.54) is 54.2 Å². The number of carbonyl (C=O) groups is 1. The average Bonchev–Trinajstić information content (AvgIpc) is 3.50. The number of aromatic nitrogens is 3. The van der Waals surface area contributed by atoms with Gasteiger partial charge in [0.25, 0.3) is 10.0 Å². The SMILES string of the molecule is CCCCCc1ccc(-c2cn3nc(S(N)(=O)=O)sc3n2)cc1.CCCCCc1ccc(C(=O)CBr)cc1. The Morgan fingerprint density at radius 1 is 0.921 bits per heavy atom. The molecule has 7 nitrogen and oxygen atoms in total. The van der Waals surface area contributed by atoms with Crippen LogP contribution in [-0.2, 0) is 22.9 Å². The third-order valence-electron chi connectivity index (χ3n) is 6.05. The molecule has 4 rings (SSSR count). The van der Waals surface area contributed by atoms with Gasteiger partial charge in [-0.25, -0.2) is 23.1 Å². The van der Waals surface area contributed by atoms with E-state index in [0.717, 1.165) is 41.0 Å². The molecule has 2 aromatic heterocycles. The van der Waals surface area contributed by atoms with E-state index in [2.05, 4.69) is 64.1 Å². The lowest BCUT2D eigenvalue weighted by Gasteiger charge is -2.02. The number of imidazole rings is 1. The Morgan fingerprint density at radius 2 is 1.47 bits per heavy atom. The van der Waals surface area contributed by atoms with Crippen LogP contribution in [0.2, 0.25) is 0 Å². The molecule has 2 aromatic carbocycles. The molecule has 38 heavy (non-hydrogen) atoms. The summed E-state index contributed by atoms with van der Waals surface area (Å²) in [6, 6.07) is 16.3. The van der Waals surface area contributed by atoms with E-state index in [0.29, 0.717) is 10.3 Å². The van der Waals surface area contributed by atoms with Gasteiger partial charge in [-0.15, -0.1) is 5.10 Å². The van der Waals surface area contributed by atoms with Gasteiger partial charge in [-0.05, 0) is 36.8 Å². The molecule has 0 saturated carbocycles. The molecule has 0 atom stereocenters. The van der Waals surface area contributed by atoms with Crippen LogP contribution in [0.15, 0.2) is 59.1 Å². The van der Waals surface area contributed by atoms with Crippen molar-refractivity contribution in [1.82, 2.24) is 14.6 Å². The molecule has 0 aliphatic carbocycles. The van der Waals surface area contributed by atoms with Crippen molar-refractivity contribution in [1.29, 1.82) is 0 Å². The fourth-order valence-electron chi connectivity index (χ4n) is 3.87. The van der Waals surface area contributed by atoms with Gasteiger partial charge >= 0.3 is 0 Å². The summed E-state index contributed by atoms with van der Waals surface area (Å²) in [5.41, 5.74) is 5.20. The maximum atomic E-state index is 11.3. The predicted octanol–water partition coefficient (Wildman–Crippen LogP) is 6.83. The number of alkyl halides is 1. The number of aryl methyl sites for hydroxylation is 2. The second kappa shape index (κ2) is 14.7. The molecular formula is C28H35BrN4O3S2. The minimum atomic E-state index is -3.78. The molecule has 4 aromatic rings. The molecule has 2 N–H and O–H groups in total. The number of rotatable bonds is 12. The largest absolute Gasteiger partial charge is 0.293 e. The van der Waals surface area contributed by atoms with Crippen molar-refractivity contribution in [2.24, 2.45) is 5.14 Å². The van der Waals surface area contributed by atoms with Crippen LogP contribution in [0, 0.1) is 0 Å². The van der Waals surface area contributed by atoms with Crippen LogP contribution < -0.4 is 5.14 Å². The standard InChI is InChI=1S/C15H18N4O2S2.C13H17BrO/c1-2-3-4-5-11-6-8-12(9-7-11)13-10-19-14(17-13)22-15(18-19)23(16,20)21;1-2-3-4-5-11-6-8-12(9-7-11)13(15)10-14/h6-10H,2-5H2,1H3,(H2,16,20,21);6-9H,2-5,10H2,1H3. The van der Waals surface area contributed by atoms with Gasteiger partial charge in [0.1, 0.15) is 0 Å². The minimum absolute atomic E-state index is 0.127. The summed E-state index contributed by atoms with van der Waals surface area (Å²) in [5, 5.41) is 9.44. The Balaban J connectivity index is 0.000000232. The Hall–Kier alpha value is -2.40. The first-order chi connectivity index (χ1) is 18.2. The van der Waals surface area contributed by atoms with E-state index in [1.54, 1.807) is 6.20 Å². The van der Waals surface area contributed by atoms with Gasteiger partial charge in [0.15, 0.2) is 5.78 Å². The van der Waals surface area contributed by atoms with Crippen molar-refractivity contribution in [3.63, 3.8) is 0 Å². The molecule has 0 fully saturated rings. The normalized spacial score (nSPS) is 11.4. The van der Waals surface area contributed by atoms with Crippen LogP contribution in [-0.4, -0.2) is 34.1 Å². The number of sulfonamides is 1. The maximum Gasteiger partial charge on any atom is 0.267 e. The Labute approximate surface area is 237 Å². The van der Waals surface area contributed by atoms with Gasteiger partial charge in [0, 0.05) is 11.1 Å². The van der Waals surface area contributed by atoms with Gasteiger partial charge < -0.3 is 0 Å². The second-order valence-electron chi connectivity index (χ2n) is 9.13. The number of Topliss-reactive ketones (excluding diaryl/α,β-unsaturated/α-hetero) is 1. The Bertz CT molecular complexity index is 1380. The summed E-state index contributed by atoms with van der Waals surface area (Å²) < 4.78 is 23.9. The van der Waals surface area contributed by atoms with Gasteiger partial charge in [-0.1, -0.05) is 115 Å². The fourth-order valence-corrected chi connectivity index (χ4v) is 5.70. The molecule has 10 heteroatoms. The van der Waals surface area contributed by atoms with E-state index < -0.39 is 10.0 Å². The highest BCUT2D eigenvalue weighted by Crippen LogP contribution is 2.24. The van der Waals surface area contributed by atoms with Gasteiger partial charge in [0.2, 0.25) is 9.30 Å². The molecule has 0 saturated heterocycles. The first-order valence-electron chi connectivity index (χ1n) is 12.9. The van der Waals surface area contributed by atoms with Gasteiger partial charge in [-0.3, -0.25) is 4.79 Å². The predicted molar refractivity (Wildman–Crippen MR) is 159 cm³/mol. The van der Waals surface area contributed by atoms with Crippen molar-refractivity contribution in [3.8, 4) is 11.3 Å². The van der Waals surface area contributed by atoms with Crippen LogP contribution in [0.5, 0.6) is 0 Å². The quantitative estimate of drug-likeness (QED) is 0.106. The molecule has 0 amide bonds. The van der Waals surface area contributed by atoms with E-state index in [-0.39, 0.29) is 10.1 Å². The second-order valence-corrected chi connectivity index (χ2v) is 12.4. The monoisotopic (exact) mass is 618 g/mol. The zero-order chi connectivity index (χ0) is 27.5. The number of ketones is 1. The van der Waals surface area contributed by atoms with Crippen LogP contribution in [0.25, 0.3) is 16.2 Å². The van der Waals surface area contributed by atoms with Crippen molar-refractivity contribution in [2.75, 3.05) is 5.33 Å². The molecule has 2 heterocycles. The fraction of sp³-hybridized carbons (Fsp3) is 0.393. The smallest absolute Gasteiger partial charge is 0.267 e. The zero-order valence-corrected chi connectivity index (χ0v) is 25.1. The number of hydrogen-bond acceptors (Lipinski definition) is 6. The number of unbranched alkanes of at least 4 members (excludes halogenated alkanes) is 4. The molecule has 0 bridgehead atoms.